The number of nitrogens with one attached hydrogen (secondary N) is 1. The van der Waals surface area contributed by atoms with Gasteiger partial charge in [0.1, 0.15) is 6.04 Å². The predicted molar refractivity (Wildman–Crippen MR) is 198 cm³/mol. The second kappa shape index (κ2) is 38.8. The van der Waals surface area contributed by atoms with Crippen LogP contribution < -0.4 is 5.32 Å². The molecule has 0 fully saturated rings. The molecule has 0 aromatic heterocycles. The van der Waals surface area contributed by atoms with Crippen LogP contribution in [-0.2, 0) is 14.4 Å². The van der Waals surface area contributed by atoms with Crippen molar-refractivity contribution in [2.24, 2.45) is 5.92 Å². The zero-order valence-electron chi connectivity index (χ0n) is 31.3. The van der Waals surface area contributed by atoms with E-state index in [0.717, 1.165) is 25.2 Å². The first-order valence-electron chi connectivity index (χ1n) is 20.1. The Kier molecular flexibility index (Phi) is 39.2. The Bertz CT molecular complexity index is 684. The summed E-state index contributed by atoms with van der Waals surface area (Å²) in [4.78, 5) is 33.2. The monoisotopic (exact) mass is 670 g/mol. The summed E-state index contributed by atoms with van der Waals surface area (Å²) in [6, 6.07) is -1.35. The summed E-state index contributed by atoms with van der Waals surface area (Å²) in [5, 5.41) is 28.5. The minimum Gasteiger partial charge on any atom is -0.481 e. The number of hydrogen-bond acceptors (Lipinski definition) is 4. The van der Waals surface area contributed by atoms with Crippen LogP contribution in [0, 0.1) is 5.92 Å². The molecule has 280 valence electrons. The van der Waals surface area contributed by atoms with E-state index < -0.39 is 24.4 Å². The van der Waals surface area contributed by atoms with Gasteiger partial charge in [-0.2, -0.15) is 0 Å². The van der Waals surface area contributed by atoms with Crippen LogP contribution in [0.2, 0.25) is 0 Å². The van der Waals surface area contributed by atoms with Crippen molar-refractivity contribution in [3.8, 4) is 0 Å². The van der Waals surface area contributed by atoms with Crippen LogP contribution in [0.5, 0.6) is 0 Å². The maximum atomic E-state index is 11.7. The molecule has 0 aromatic rings. The molecule has 0 aliphatic carbocycles. The fraction of sp³-hybridized carbons (Fsp3) is 0.925. The van der Waals surface area contributed by atoms with Gasteiger partial charge in [0.15, 0.2) is 0 Å². The average molecular weight is 670 g/mol. The van der Waals surface area contributed by atoms with Crippen molar-refractivity contribution in [3.05, 3.63) is 0 Å². The van der Waals surface area contributed by atoms with Crippen LogP contribution in [0.4, 0.5) is 0 Å². The summed E-state index contributed by atoms with van der Waals surface area (Å²) < 4.78 is 0. The summed E-state index contributed by atoms with van der Waals surface area (Å²) in [5.41, 5.74) is 0. The summed E-state index contributed by atoms with van der Waals surface area (Å²) in [7, 11) is 0. The van der Waals surface area contributed by atoms with Crippen LogP contribution in [0.3, 0.4) is 0 Å². The molecule has 0 aromatic carbocycles. The van der Waals surface area contributed by atoms with Crippen LogP contribution in [0.25, 0.3) is 0 Å². The number of aliphatic hydroxyl groups is 1. The maximum Gasteiger partial charge on any atom is 0.326 e. The fourth-order valence-corrected chi connectivity index (χ4v) is 5.91. The lowest BCUT2D eigenvalue weighted by Gasteiger charge is -2.12. The molecule has 1 atom stereocenters. The molecule has 0 heterocycles. The van der Waals surface area contributed by atoms with Gasteiger partial charge >= 0.3 is 11.9 Å². The minimum atomic E-state index is -1.35. The lowest BCUT2D eigenvalue weighted by molar-refractivity contribution is -0.147. The van der Waals surface area contributed by atoms with Gasteiger partial charge in [-0.3, -0.25) is 9.59 Å². The zero-order chi connectivity index (χ0) is 35.2. The molecule has 0 radical (unpaired) electrons. The van der Waals surface area contributed by atoms with E-state index in [9.17, 15) is 14.4 Å². The van der Waals surface area contributed by atoms with Gasteiger partial charge in [-0.25, -0.2) is 4.79 Å². The highest BCUT2D eigenvalue weighted by Crippen LogP contribution is 2.15. The van der Waals surface area contributed by atoms with Gasteiger partial charge in [-0.1, -0.05) is 194 Å². The number of carbonyl (C=O) groups is 3. The van der Waals surface area contributed by atoms with Gasteiger partial charge in [0, 0.05) is 13.0 Å². The van der Waals surface area contributed by atoms with E-state index in [1.807, 2.05) is 0 Å². The van der Waals surface area contributed by atoms with Crippen molar-refractivity contribution in [1.29, 1.82) is 0 Å². The van der Waals surface area contributed by atoms with Crippen molar-refractivity contribution in [2.75, 3.05) is 6.61 Å². The first kappa shape index (κ1) is 47.5. The Balaban J connectivity index is 0. The van der Waals surface area contributed by atoms with E-state index >= 15 is 0 Å². The number of unbranched alkanes of at least 4 members (excludes halogenated alkanes) is 26. The van der Waals surface area contributed by atoms with Gasteiger partial charge in [-0.05, 0) is 18.8 Å². The van der Waals surface area contributed by atoms with E-state index in [-0.39, 0.29) is 12.3 Å². The standard InChI is InChI=1S/C22H41NO5.C18H38O/c1-2-3-4-5-6-7-8-9-10-11-12-13-14-15-16-17-20(24)23-19(22(27)28)18-21(25)26;1-18(2)16-14-12-10-8-6-4-3-5-7-9-11-13-15-17-19/h19H,2-18H2,1H3,(H,23,24)(H,25,26)(H,27,28);18-19H,3-17H2,1-2H3. The van der Waals surface area contributed by atoms with E-state index in [0.29, 0.717) is 13.0 Å². The van der Waals surface area contributed by atoms with Crippen LogP contribution in [-0.4, -0.2) is 45.8 Å². The van der Waals surface area contributed by atoms with E-state index in [2.05, 4.69) is 26.1 Å². The molecule has 0 rings (SSSR count). The fourth-order valence-electron chi connectivity index (χ4n) is 5.91. The van der Waals surface area contributed by atoms with Gasteiger partial charge in [0.05, 0.1) is 6.42 Å². The molecule has 0 bridgehead atoms. The van der Waals surface area contributed by atoms with E-state index in [4.69, 9.17) is 15.3 Å². The van der Waals surface area contributed by atoms with Crippen LogP contribution in [0.1, 0.15) is 220 Å². The van der Waals surface area contributed by atoms with Crippen molar-refractivity contribution in [2.45, 2.75) is 226 Å². The summed E-state index contributed by atoms with van der Waals surface area (Å²) in [6.07, 6.45) is 37.6. The van der Waals surface area contributed by atoms with Gasteiger partial charge in [0.25, 0.3) is 0 Å². The number of amides is 1. The molecule has 0 saturated carbocycles. The number of rotatable bonds is 35. The zero-order valence-corrected chi connectivity index (χ0v) is 31.3. The molecule has 7 heteroatoms. The highest BCUT2D eigenvalue weighted by molar-refractivity contribution is 5.86. The van der Waals surface area contributed by atoms with Crippen molar-refractivity contribution in [1.82, 2.24) is 5.32 Å². The van der Waals surface area contributed by atoms with Gasteiger partial charge in [0.2, 0.25) is 5.91 Å². The number of carboxylic acids is 2. The third kappa shape index (κ3) is 42.3. The van der Waals surface area contributed by atoms with Crippen molar-refractivity contribution in [3.63, 3.8) is 0 Å². The SMILES string of the molecule is CC(C)CCCCCCCCCCCCCCCO.CCCCCCCCCCCCCCCCCC(=O)NC(CC(=O)O)C(=O)O. The maximum absolute atomic E-state index is 11.7. The molecule has 47 heavy (non-hydrogen) atoms. The third-order valence-electron chi connectivity index (χ3n) is 8.96. The second-order valence-electron chi connectivity index (χ2n) is 14.3. The highest BCUT2D eigenvalue weighted by atomic mass is 16.4. The molecule has 4 N–H and O–H groups in total. The molecule has 0 aliphatic heterocycles. The first-order valence-corrected chi connectivity index (χ1v) is 20.1. The molecular weight excluding hydrogens is 590 g/mol. The quantitative estimate of drug-likeness (QED) is 0.0498. The van der Waals surface area contributed by atoms with E-state index in [1.54, 1.807) is 0 Å². The number of aliphatic carboxylic acids is 2. The molecule has 1 amide bonds. The Morgan fingerprint density at radius 1 is 0.511 bits per heavy atom. The molecule has 1 unspecified atom stereocenters. The average Bonchev–Trinajstić information content (AvgIpc) is 3.02. The minimum absolute atomic E-state index is 0.252. The number of hydrogen-bond donors (Lipinski definition) is 4. The topological polar surface area (TPSA) is 124 Å². The first-order chi connectivity index (χ1) is 22.7. The van der Waals surface area contributed by atoms with Gasteiger partial charge < -0.3 is 20.6 Å². The van der Waals surface area contributed by atoms with E-state index in [1.165, 1.54) is 161 Å². The predicted octanol–water partition coefficient (Wildman–Crippen LogP) is 11.4. The lowest BCUT2D eigenvalue weighted by Crippen LogP contribution is -2.42. The third-order valence-corrected chi connectivity index (χ3v) is 8.96. The molecule has 7 nitrogen and oxygen atoms in total. The Hall–Kier alpha value is -1.63. The molecular formula is C40H79NO6. The number of carbonyl (C=O) groups excluding carboxylic acids is 1. The van der Waals surface area contributed by atoms with Crippen LogP contribution in [0.15, 0.2) is 0 Å². The number of aliphatic hydroxyl groups excluding tert-OH is 1. The van der Waals surface area contributed by atoms with Crippen molar-refractivity contribution >= 4 is 17.8 Å². The smallest absolute Gasteiger partial charge is 0.326 e. The molecule has 0 saturated heterocycles. The van der Waals surface area contributed by atoms with Gasteiger partial charge in [-0.15, -0.1) is 0 Å². The Labute approximate surface area is 290 Å². The van der Waals surface area contributed by atoms with Crippen molar-refractivity contribution < 1.29 is 29.7 Å². The normalized spacial score (nSPS) is 11.7. The summed E-state index contributed by atoms with van der Waals surface area (Å²) in [5.74, 6) is -2.05. The molecule has 0 aliphatic rings. The lowest BCUT2D eigenvalue weighted by atomic mass is 10.0. The highest BCUT2D eigenvalue weighted by Gasteiger charge is 2.22. The summed E-state index contributed by atoms with van der Waals surface area (Å²) in [6.45, 7) is 7.27. The summed E-state index contributed by atoms with van der Waals surface area (Å²) >= 11 is 0. The largest absolute Gasteiger partial charge is 0.481 e. The Morgan fingerprint density at radius 3 is 1.17 bits per heavy atom. The Morgan fingerprint density at radius 2 is 0.851 bits per heavy atom. The second-order valence-corrected chi connectivity index (χ2v) is 14.3. The molecule has 0 spiro atoms. The van der Waals surface area contributed by atoms with Crippen LogP contribution >= 0.6 is 0 Å². The number of carboxylic acid groups (broad SMARTS) is 2.